The third kappa shape index (κ3) is 5.02. The van der Waals surface area contributed by atoms with E-state index in [0.29, 0.717) is 6.42 Å². The second kappa shape index (κ2) is 9.16. The topological polar surface area (TPSA) is 124 Å². The van der Waals surface area contributed by atoms with E-state index in [1.165, 1.54) is 0 Å². The quantitative estimate of drug-likeness (QED) is 0.442. The molecule has 0 saturated carbocycles. The van der Waals surface area contributed by atoms with Gasteiger partial charge in [0.25, 0.3) is 5.91 Å². The lowest BCUT2D eigenvalue weighted by Crippen LogP contribution is -2.54. The van der Waals surface area contributed by atoms with Crippen molar-refractivity contribution in [2.75, 3.05) is 0 Å². The number of carboxylic acid groups (broad SMARTS) is 1. The molecule has 4 N–H and O–H groups in total. The predicted octanol–water partition coefficient (Wildman–Crippen LogP) is 3.09. The molecule has 2 atom stereocenters. The average molecular weight is 425 g/mol. The number of hydrogen-bond acceptors (Lipinski definition) is 4. The number of H-pyrrole nitrogens is 1. The van der Waals surface area contributed by atoms with E-state index in [0.717, 1.165) is 21.8 Å². The van der Waals surface area contributed by atoms with Gasteiger partial charge in [0.1, 0.15) is 17.8 Å². The maximum atomic E-state index is 12.9. The number of carboxylic acids is 1. The summed E-state index contributed by atoms with van der Waals surface area (Å²) in [5.74, 6) is -2.25. The molecular weight excluding hydrogens is 396 g/mol. The summed E-state index contributed by atoms with van der Waals surface area (Å²) in [6.45, 7) is 7.35. The number of nitrogens with zero attached hydrogens (tertiary/aromatic N) is 1. The highest BCUT2D eigenvalue weighted by Gasteiger charge is 2.29. The first-order valence-corrected chi connectivity index (χ1v) is 10.4. The fourth-order valence-electron chi connectivity index (χ4n) is 3.58. The van der Waals surface area contributed by atoms with Gasteiger partial charge >= 0.3 is 5.97 Å². The van der Waals surface area contributed by atoms with Crippen LogP contribution in [0.15, 0.2) is 36.5 Å². The van der Waals surface area contributed by atoms with Crippen LogP contribution in [-0.2, 0) is 9.59 Å². The monoisotopic (exact) mass is 424 g/mol. The summed E-state index contributed by atoms with van der Waals surface area (Å²) in [6.07, 6.45) is 1.90. The number of aliphatic carboxylic acids is 1. The second-order valence-electron chi connectivity index (χ2n) is 8.51. The van der Waals surface area contributed by atoms with E-state index < -0.39 is 29.9 Å². The largest absolute Gasteiger partial charge is 0.480 e. The number of nitrogens with one attached hydrogen (secondary N) is 3. The molecule has 2 aromatic heterocycles. The summed E-state index contributed by atoms with van der Waals surface area (Å²) >= 11 is 0. The molecule has 0 spiro atoms. The summed E-state index contributed by atoms with van der Waals surface area (Å²) in [5, 5.41) is 16.5. The van der Waals surface area contributed by atoms with E-state index in [2.05, 4.69) is 20.6 Å². The molecular formula is C23H28N4O4. The van der Waals surface area contributed by atoms with Gasteiger partial charge in [-0.25, -0.2) is 9.78 Å². The number of aromatic amines is 1. The molecule has 3 aromatic rings. The first kappa shape index (κ1) is 22.3. The lowest BCUT2D eigenvalue weighted by molar-refractivity contribution is -0.142. The number of pyridine rings is 1. The number of rotatable bonds is 8. The zero-order chi connectivity index (χ0) is 22.7. The Morgan fingerprint density at radius 2 is 1.74 bits per heavy atom. The van der Waals surface area contributed by atoms with Crippen LogP contribution in [0, 0.1) is 11.8 Å². The van der Waals surface area contributed by atoms with Crippen molar-refractivity contribution in [1.29, 1.82) is 0 Å². The molecule has 2 unspecified atom stereocenters. The number of para-hydroxylation sites is 1. The Hall–Kier alpha value is -3.42. The van der Waals surface area contributed by atoms with Crippen LogP contribution in [-0.4, -0.2) is 44.9 Å². The molecule has 0 aliphatic heterocycles. The van der Waals surface area contributed by atoms with Crippen LogP contribution in [0.5, 0.6) is 0 Å². The minimum Gasteiger partial charge on any atom is -0.480 e. The van der Waals surface area contributed by atoms with Crippen molar-refractivity contribution >= 4 is 39.6 Å². The van der Waals surface area contributed by atoms with Gasteiger partial charge in [-0.1, -0.05) is 45.9 Å². The molecule has 0 bridgehead atoms. The van der Waals surface area contributed by atoms with E-state index in [1.54, 1.807) is 26.1 Å². The molecule has 8 heteroatoms. The molecule has 1 aromatic carbocycles. The van der Waals surface area contributed by atoms with Crippen molar-refractivity contribution < 1.29 is 19.5 Å². The van der Waals surface area contributed by atoms with Crippen LogP contribution in [0.3, 0.4) is 0 Å². The van der Waals surface area contributed by atoms with Gasteiger partial charge in [0.2, 0.25) is 5.91 Å². The van der Waals surface area contributed by atoms with Crippen LogP contribution in [0.1, 0.15) is 44.6 Å². The normalized spacial score (nSPS) is 13.5. The fraction of sp³-hybridized carbons (Fsp3) is 0.391. The van der Waals surface area contributed by atoms with Crippen molar-refractivity contribution in [3.05, 3.63) is 42.2 Å². The smallest absolute Gasteiger partial charge is 0.326 e. The SMILES string of the molecule is CC(C)CC(NC(=O)C(NC(=O)c1cc2c(cn1)[nH]c1ccccc12)C(C)C)C(=O)O. The van der Waals surface area contributed by atoms with Gasteiger partial charge in [0.15, 0.2) is 0 Å². The van der Waals surface area contributed by atoms with E-state index in [-0.39, 0.29) is 17.5 Å². The highest BCUT2D eigenvalue weighted by molar-refractivity contribution is 6.09. The van der Waals surface area contributed by atoms with E-state index >= 15 is 0 Å². The molecule has 2 amide bonds. The maximum absolute atomic E-state index is 12.9. The minimum atomic E-state index is -1.10. The zero-order valence-corrected chi connectivity index (χ0v) is 18.1. The molecule has 31 heavy (non-hydrogen) atoms. The van der Waals surface area contributed by atoms with Crippen LogP contribution in [0.2, 0.25) is 0 Å². The van der Waals surface area contributed by atoms with Gasteiger partial charge in [-0.05, 0) is 30.4 Å². The highest BCUT2D eigenvalue weighted by atomic mass is 16.4. The van der Waals surface area contributed by atoms with E-state index in [1.807, 2.05) is 38.1 Å². The zero-order valence-electron chi connectivity index (χ0n) is 18.1. The molecule has 0 fully saturated rings. The lowest BCUT2D eigenvalue weighted by Gasteiger charge is -2.24. The summed E-state index contributed by atoms with van der Waals surface area (Å²) in [4.78, 5) is 44.6. The number of carbonyl (C=O) groups is 3. The second-order valence-corrected chi connectivity index (χ2v) is 8.51. The number of carbonyl (C=O) groups excluding carboxylic acids is 2. The molecule has 0 aliphatic carbocycles. The Morgan fingerprint density at radius 3 is 2.39 bits per heavy atom. The third-order valence-corrected chi connectivity index (χ3v) is 5.18. The molecule has 0 aliphatic rings. The summed E-state index contributed by atoms with van der Waals surface area (Å²) in [5.41, 5.74) is 1.95. The standard InChI is InChI=1S/C23H28N4O4/c1-12(2)9-18(23(30)31)26-22(29)20(13(3)4)27-21(28)17-10-15-14-7-5-6-8-16(14)25-19(15)11-24-17/h5-8,10-13,18,20,25H,9H2,1-4H3,(H,26,29)(H,27,28)(H,30,31). The highest BCUT2D eigenvalue weighted by Crippen LogP contribution is 2.25. The van der Waals surface area contributed by atoms with Gasteiger partial charge in [-0.2, -0.15) is 0 Å². The molecule has 0 radical (unpaired) electrons. The minimum absolute atomic E-state index is 0.0978. The lowest BCUT2D eigenvalue weighted by atomic mass is 10.00. The Morgan fingerprint density at radius 1 is 1.03 bits per heavy atom. The van der Waals surface area contributed by atoms with Crippen LogP contribution >= 0.6 is 0 Å². The summed E-state index contributed by atoms with van der Waals surface area (Å²) in [6, 6.07) is 7.55. The van der Waals surface area contributed by atoms with Crippen molar-refractivity contribution in [3.8, 4) is 0 Å². The third-order valence-electron chi connectivity index (χ3n) is 5.18. The molecule has 8 nitrogen and oxygen atoms in total. The van der Waals surface area contributed by atoms with Crippen molar-refractivity contribution in [3.63, 3.8) is 0 Å². The average Bonchev–Trinajstić information content (AvgIpc) is 3.08. The summed E-state index contributed by atoms with van der Waals surface area (Å²) in [7, 11) is 0. The fourth-order valence-corrected chi connectivity index (χ4v) is 3.58. The maximum Gasteiger partial charge on any atom is 0.326 e. The Balaban J connectivity index is 1.80. The predicted molar refractivity (Wildman–Crippen MR) is 119 cm³/mol. The van der Waals surface area contributed by atoms with E-state index in [9.17, 15) is 19.5 Å². The number of hydrogen-bond donors (Lipinski definition) is 4. The first-order valence-electron chi connectivity index (χ1n) is 10.4. The van der Waals surface area contributed by atoms with Gasteiger partial charge in [0, 0.05) is 16.3 Å². The Labute approximate surface area is 180 Å². The molecule has 0 saturated heterocycles. The van der Waals surface area contributed by atoms with Crippen LogP contribution in [0.25, 0.3) is 21.8 Å². The first-order chi connectivity index (χ1) is 14.7. The Bertz CT molecular complexity index is 1120. The number of amides is 2. The Kier molecular flexibility index (Phi) is 6.58. The van der Waals surface area contributed by atoms with Crippen molar-refractivity contribution in [1.82, 2.24) is 20.6 Å². The van der Waals surface area contributed by atoms with Crippen molar-refractivity contribution in [2.24, 2.45) is 11.8 Å². The molecule has 164 valence electrons. The molecule has 3 rings (SSSR count). The number of aromatic nitrogens is 2. The van der Waals surface area contributed by atoms with Crippen molar-refractivity contribution in [2.45, 2.75) is 46.2 Å². The van der Waals surface area contributed by atoms with E-state index in [4.69, 9.17) is 0 Å². The molecule has 2 heterocycles. The van der Waals surface area contributed by atoms with Gasteiger partial charge in [0.05, 0.1) is 11.7 Å². The number of benzene rings is 1. The van der Waals surface area contributed by atoms with Gasteiger partial charge in [-0.15, -0.1) is 0 Å². The van der Waals surface area contributed by atoms with Gasteiger partial charge in [-0.3, -0.25) is 9.59 Å². The summed E-state index contributed by atoms with van der Waals surface area (Å²) < 4.78 is 0. The van der Waals surface area contributed by atoms with Crippen LogP contribution < -0.4 is 10.6 Å². The van der Waals surface area contributed by atoms with Gasteiger partial charge < -0.3 is 20.7 Å². The van der Waals surface area contributed by atoms with Crippen LogP contribution in [0.4, 0.5) is 0 Å². The number of fused-ring (bicyclic) bond motifs is 3.